The van der Waals surface area contributed by atoms with Gasteiger partial charge in [0.15, 0.2) is 0 Å². The molecule has 0 radical (unpaired) electrons. The van der Waals surface area contributed by atoms with Crippen molar-refractivity contribution in [3.8, 4) is 23.0 Å². The molecule has 0 aliphatic carbocycles. The van der Waals surface area contributed by atoms with Gasteiger partial charge < -0.3 is 20.4 Å². The van der Waals surface area contributed by atoms with Gasteiger partial charge in [0.1, 0.15) is 23.0 Å². The Morgan fingerprint density at radius 2 is 1.00 bits per heavy atom. The molecule has 0 aromatic heterocycles. The van der Waals surface area contributed by atoms with Crippen LogP contribution in [0.15, 0.2) is 24.3 Å². The number of hydrogen-bond acceptors (Lipinski definition) is 4. The van der Waals surface area contributed by atoms with E-state index in [-0.39, 0.29) is 28.4 Å². The second-order valence-electron chi connectivity index (χ2n) is 7.19. The molecule has 2 rings (SSSR count). The van der Waals surface area contributed by atoms with Crippen LogP contribution in [0.3, 0.4) is 0 Å². The minimum absolute atomic E-state index is 0.0553. The SMILES string of the molecule is Cc1cc(O)c(C(c2cc(O)c(C)cc2O)C(C)(C)C)cc1O. The third kappa shape index (κ3) is 3.21. The highest BCUT2D eigenvalue weighted by Crippen LogP contribution is 2.48. The zero-order valence-electron chi connectivity index (χ0n) is 14.2. The Balaban J connectivity index is 2.74. The molecule has 4 N–H and O–H groups in total. The minimum atomic E-state index is -0.402. The topological polar surface area (TPSA) is 80.9 Å². The summed E-state index contributed by atoms with van der Waals surface area (Å²) in [5.41, 5.74) is 1.82. The molecule has 0 spiro atoms. The van der Waals surface area contributed by atoms with E-state index in [1.807, 2.05) is 20.8 Å². The van der Waals surface area contributed by atoms with Crippen molar-refractivity contribution in [2.45, 2.75) is 40.5 Å². The first-order chi connectivity index (χ1) is 10.5. The summed E-state index contributed by atoms with van der Waals surface area (Å²) < 4.78 is 0. The highest BCUT2D eigenvalue weighted by Gasteiger charge is 2.33. The predicted octanol–water partition coefficient (Wildman–Crippen LogP) is 4.30. The first kappa shape index (κ1) is 17.0. The van der Waals surface area contributed by atoms with Crippen molar-refractivity contribution in [3.63, 3.8) is 0 Å². The van der Waals surface area contributed by atoms with Gasteiger partial charge in [0.2, 0.25) is 0 Å². The fourth-order valence-corrected chi connectivity index (χ4v) is 2.96. The Hall–Kier alpha value is -2.36. The Labute approximate surface area is 136 Å². The van der Waals surface area contributed by atoms with E-state index in [4.69, 9.17) is 0 Å². The molecule has 0 saturated heterocycles. The highest BCUT2D eigenvalue weighted by atomic mass is 16.3. The van der Waals surface area contributed by atoms with Crippen LogP contribution in [0.1, 0.15) is 48.9 Å². The van der Waals surface area contributed by atoms with E-state index in [1.54, 1.807) is 13.8 Å². The molecule has 124 valence electrons. The van der Waals surface area contributed by atoms with Crippen molar-refractivity contribution in [1.82, 2.24) is 0 Å². The van der Waals surface area contributed by atoms with Gasteiger partial charge in [-0.05, 0) is 54.7 Å². The number of hydrogen-bond donors (Lipinski definition) is 4. The van der Waals surface area contributed by atoms with Gasteiger partial charge in [-0.15, -0.1) is 0 Å². The average Bonchev–Trinajstić information content (AvgIpc) is 2.40. The quantitative estimate of drug-likeness (QED) is 0.623. The van der Waals surface area contributed by atoms with Crippen molar-refractivity contribution in [3.05, 3.63) is 46.5 Å². The van der Waals surface area contributed by atoms with Crippen LogP contribution in [0.2, 0.25) is 0 Å². The molecule has 0 unspecified atom stereocenters. The summed E-state index contributed by atoms with van der Waals surface area (Å²) >= 11 is 0. The summed E-state index contributed by atoms with van der Waals surface area (Å²) in [7, 11) is 0. The molecule has 2 aromatic carbocycles. The lowest BCUT2D eigenvalue weighted by molar-refractivity contribution is 0.335. The Bertz CT molecular complexity index is 685. The number of rotatable bonds is 2. The molecule has 0 aliphatic rings. The molecular weight excluding hydrogens is 292 g/mol. The Morgan fingerprint density at radius 3 is 1.30 bits per heavy atom. The second kappa shape index (κ2) is 5.69. The van der Waals surface area contributed by atoms with Crippen molar-refractivity contribution in [2.24, 2.45) is 5.41 Å². The normalized spacial score (nSPS) is 11.9. The molecule has 23 heavy (non-hydrogen) atoms. The standard InChI is InChI=1S/C19H24O4/c1-10-6-16(22)12(8-14(10)20)18(19(3,4)5)13-9-15(21)11(2)7-17(13)23/h6-9,18,20-23H,1-5H3. The maximum atomic E-state index is 10.4. The summed E-state index contributed by atoms with van der Waals surface area (Å²) in [4.78, 5) is 0. The van der Waals surface area contributed by atoms with E-state index >= 15 is 0 Å². The Kier molecular flexibility index (Phi) is 4.20. The molecule has 0 saturated carbocycles. The van der Waals surface area contributed by atoms with Gasteiger partial charge in [0.05, 0.1) is 0 Å². The predicted molar refractivity (Wildman–Crippen MR) is 90.3 cm³/mol. The van der Waals surface area contributed by atoms with Crippen LogP contribution in [-0.4, -0.2) is 20.4 Å². The summed E-state index contributed by atoms with van der Waals surface area (Å²) in [5.74, 6) is -0.120. The van der Waals surface area contributed by atoms with Gasteiger partial charge in [-0.25, -0.2) is 0 Å². The lowest BCUT2D eigenvalue weighted by atomic mass is 9.71. The minimum Gasteiger partial charge on any atom is -0.508 e. The van der Waals surface area contributed by atoms with Gasteiger partial charge in [0, 0.05) is 17.0 Å². The van der Waals surface area contributed by atoms with Gasteiger partial charge in [-0.1, -0.05) is 20.8 Å². The zero-order valence-corrected chi connectivity index (χ0v) is 14.2. The van der Waals surface area contributed by atoms with Gasteiger partial charge in [-0.2, -0.15) is 0 Å². The monoisotopic (exact) mass is 316 g/mol. The van der Waals surface area contributed by atoms with Crippen LogP contribution >= 0.6 is 0 Å². The summed E-state index contributed by atoms with van der Waals surface area (Å²) in [6.45, 7) is 9.35. The summed E-state index contributed by atoms with van der Waals surface area (Å²) in [6, 6.07) is 6.07. The van der Waals surface area contributed by atoms with E-state index < -0.39 is 5.92 Å². The van der Waals surface area contributed by atoms with Crippen molar-refractivity contribution >= 4 is 0 Å². The maximum Gasteiger partial charge on any atom is 0.119 e. The van der Waals surface area contributed by atoms with E-state index in [1.165, 1.54) is 24.3 Å². The molecule has 0 fully saturated rings. The molecule has 4 heteroatoms. The molecule has 0 bridgehead atoms. The number of phenolic OH excluding ortho intramolecular Hbond substituents is 4. The second-order valence-corrected chi connectivity index (χ2v) is 7.19. The average molecular weight is 316 g/mol. The van der Waals surface area contributed by atoms with Gasteiger partial charge in [-0.3, -0.25) is 0 Å². The van der Waals surface area contributed by atoms with Crippen LogP contribution in [0.5, 0.6) is 23.0 Å². The fraction of sp³-hybridized carbons (Fsp3) is 0.368. The van der Waals surface area contributed by atoms with Crippen LogP contribution in [0.4, 0.5) is 0 Å². The fourth-order valence-electron chi connectivity index (χ4n) is 2.96. The zero-order chi connectivity index (χ0) is 17.5. The van der Waals surface area contributed by atoms with E-state index in [9.17, 15) is 20.4 Å². The van der Waals surface area contributed by atoms with Crippen LogP contribution in [0, 0.1) is 19.3 Å². The summed E-state index contributed by atoms with van der Waals surface area (Å²) in [6.07, 6.45) is 0. The van der Waals surface area contributed by atoms with Crippen molar-refractivity contribution in [2.75, 3.05) is 0 Å². The highest BCUT2D eigenvalue weighted by molar-refractivity contribution is 5.54. The molecular formula is C19H24O4. The molecule has 4 nitrogen and oxygen atoms in total. The van der Waals surface area contributed by atoms with Crippen molar-refractivity contribution in [1.29, 1.82) is 0 Å². The lowest BCUT2D eigenvalue weighted by Gasteiger charge is -2.33. The third-order valence-corrected chi connectivity index (χ3v) is 4.18. The number of aryl methyl sites for hydroxylation is 2. The lowest BCUT2D eigenvalue weighted by Crippen LogP contribution is -2.20. The smallest absolute Gasteiger partial charge is 0.119 e. The molecule has 2 aromatic rings. The number of benzene rings is 2. The maximum absolute atomic E-state index is 10.4. The largest absolute Gasteiger partial charge is 0.508 e. The van der Waals surface area contributed by atoms with Gasteiger partial charge in [0.25, 0.3) is 0 Å². The summed E-state index contributed by atoms with van der Waals surface area (Å²) in [5, 5.41) is 40.8. The number of phenols is 4. The third-order valence-electron chi connectivity index (χ3n) is 4.18. The molecule has 0 atom stereocenters. The van der Waals surface area contributed by atoms with E-state index in [0.717, 1.165) is 0 Å². The van der Waals surface area contributed by atoms with Crippen LogP contribution in [0.25, 0.3) is 0 Å². The molecule has 0 heterocycles. The van der Waals surface area contributed by atoms with Crippen LogP contribution < -0.4 is 0 Å². The number of aromatic hydroxyl groups is 4. The van der Waals surface area contributed by atoms with Crippen LogP contribution in [-0.2, 0) is 0 Å². The van der Waals surface area contributed by atoms with Gasteiger partial charge >= 0.3 is 0 Å². The van der Waals surface area contributed by atoms with E-state index in [2.05, 4.69) is 0 Å². The first-order valence-electron chi connectivity index (χ1n) is 7.57. The molecule has 0 aliphatic heterocycles. The van der Waals surface area contributed by atoms with E-state index in [0.29, 0.717) is 22.3 Å². The first-order valence-corrected chi connectivity index (χ1v) is 7.57. The van der Waals surface area contributed by atoms with Crippen molar-refractivity contribution < 1.29 is 20.4 Å². The Morgan fingerprint density at radius 1 is 0.652 bits per heavy atom. The molecule has 0 amide bonds.